The normalized spacial score (nSPS) is 13.8. The van der Waals surface area contributed by atoms with Crippen LogP contribution in [0.4, 0.5) is 5.69 Å². The molecular weight excluding hydrogens is 348 g/mol. The number of nitrogens with one attached hydrogen (secondary N) is 2. The van der Waals surface area contributed by atoms with Crippen molar-refractivity contribution in [2.75, 3.05) is 17.9 Å². The van der Waals surface area contributed by atoms with Crippen LogP contribution in [0.15, 0.2) is 44.4 Å². The summed E-state index contributed by atoms with van der Waals surface area (Å²) in [6, 6.07) is 7.68. The molecule has 0 radical (unpaired) electrons. The molecule has 1 aliphatic rings. The van der Waals surface area contributed by atoms with Gasteiger partial charge in [0.1, 0.15) is 13.2 Å². The van der Waals surface area contributed by atoms with Gasteiger partial charge in [-0.2, -0.15) is 0 Å². The second-order valence-electron chi connectivity index (χ2n) is 5.59. The fourth-order valence-corrected chi connectivity index (χ4v) is 3.99. The monoisotopic (exact) mass is 362 g/mol. The quantitative estimate of drug-likeness (QED) is 0.737. The predicted molar refractivity (Wildman–Crippen MR) is 89.8 cm³/mol. The number of aryl methyl sites for hydroxylation is 1. The third-order valence-corrected chi connectivity index (χ3v) is 5.32. The number of aromatic nitrogens is 1. The summed E-state index contributed by atoms with van der Waals surface area (Å²) in [6.07, 6.45) is 0. The van der Waals surface area contributed by atoms with Gasteiger partial charge in [-0.1, -0.05) is 0 Å². The minimum Gasteiger partial charge on any atom is -0.486 e. The molecule has 3 aromatic rings. The van der Waals surface area contributed by atoms with E-state index in [1.807, 2.05) is 0 Å². The maximum absolute atomic E-state index is 12.7. The van der Waals surface area contributed by atoms with Crippen molar-refractivity contribution in [1.82, 2.24) is 4.98 Å². The largest absolute Gasteiger partial charge is 0.486 e. The number of benzene rings is 2. The Hall–Kier alpha value is -2.94. The number of ether oxygens (including phenoxy) is 2. The van der Waals surface area contributed by atoms with Crippen LogP contribution in [0, 0.1) is 6.92 Å². The number of sulfonamides is 1. The minimum absolute atomic E-state index is 0.0256. The second-order valence-corrected chi connectivity index (χ2v) is 7.24. The molecule has 2 N–H and O–H groups in total. The van der Waals surface area contributed by atoms with Crippen LogP contribution in [0.1, 0.15) is 5.56 Å². The van der Waals surface area contributed by atoms with Gasteiger partial charge >= 0.3 is 5.76 Å². The van der Waals surface area contributed by atoms with Crippen LogP contribution in [0.2, 0.25) is 0 Å². The Balaban J connectivity index is 1.72. The lowest BCUT2D eigenvalue weighted by atomic mass is 10.2. The van der Waals surface area contributed by atoms with E-state index in [2.05, 4.69) is 9.71 Å². The maximum Gasteiger partial charge on any atom is 0.417 e. The Labute approximate surface area is 142 Å². The number of hydrogen-bond donors (Lipinski definition) is 2. The highest BCUT2D eigenvalue weighted by Crippen LogP contribution is 2.33. The van der Waals surface area contributed by atoms with Crippen LogP contribution in [0.5, 0.6) is 11.5 Å². The molecule has 9 heteroatoms. The van der Waals surface area contributed by atoms with Gasteiger partial charge in [0, 0.05) is 12.1 Å². The highest BCUT2D eigenvalue weighted by molar-refractivity contribution is 7.92. The van der Waals surface area contributed by atoms with Crippen molar-refractivity contribution in [3.05, 3.63) is 46.4 Å². The summed E-state index contributed by atoms with van der Waals surface area (Å²) >= 11 is 0. The van der Waals surface area contributed by atoms with Crippen molar-refractivity contribution in [3.63, 3.8) is 0 Å². The van der Waals surface area contributed by atoms with Gasteiger partial charge in [0.2, 0.25) is 0 Å². The molecule has 8 nitrogen and oxygen atoms in total. The average molecular weight is 362 g/mol. The van der Waals surface area contributed by atoms with Gasteiger partial charge in [0.15, 0.2) is 17.1 Å². The minimum atomic E-state index is -3.88. The van der Waals surface area contributed by atoms with Gasteiger partial charge < -0.3 is 13.9 Å². The standard InChI is InChI=1S/C16H14N2O6S/c1-9-6-11-13(24-16(19)17-11)8-15(9)25(20,21)18-10-2-3-12-14(7-10)23-5-4-22-12/h2-3,6-8,18H,4-5H2,1H3,(H,17,19). The molecule has 0 atom stereocenters. The van der Waals surface area contributed by atoms with Gasteiger partial charge in [-0.05, 0) is 30.7 Å². The zero-order chi connectivity index (χ0) is 17.6. The zero-order valence-corrected chi connectivity index (χ0v) is 14.0. The topological polar surface area (TPSA) is 111 Å². The molecule has 0 aliphatic carbocycles. The number of anilines is 1. The van der Waals surface area contributed by atoms with Crippen LogP contribution in [0.3, 0.4) is 0 Å². The summed E-state index contributed by atoms with van der Waals surface area (Å²) in [7, 11) is -3.88. The van der Waals surface area contributed by atoms with Crippen molar-refractivity contribution in [2.45, 2.75) is 11.8 Å². The highest BCUT2D eigenvalue weighted by Gasteiger charge is 2.21. The molecule has 25 heavy (non-hydrogen) atoms. The molecular formula is C16H14N2O6S. The molecule has 2 heterocycles. The van der Waals surface area contributed by atoms with Crippen molar-refractivity contribution in [3.8, 4) is 11.5 Å². The summed E-state index contributed by atoms with van der Waals surface area (Å²) in [6.45, 7) is 2.51. The molecule has 4 rings (SSSR count). The Morgan fingerprint density at radius 3 is 2.64 bits per heavy atom. The van der Waals surface area contributed by atoms with E-state index in [0.717, 1.165) is 0 Å². The molecule has 0 fully saturated rings. The first-order valence-corrected chi connectivity index (χ1v) is 8.97. The Bertz CT molecular complexity index is 1130. The fraction of sp³-hybridized carbons (Fsp3) is 0.188. The van der Waals surface area contributed by atoms with Crippen LogP contribution < -0.4 is 20.0 Å². The highest BCUT2D eigenvalue weighted by atomic mass is 32.2. The van der Waals surface area contributed by atoms with Gasteiger partial charge in [0.25, 0.3) is 10.0 Å². The number of H-pyrrole nitrogens is 1. The van der Waals surface area contributed by atoms with E-state index in [9.17, 15) is 13.2 Å². The Kier molecular flexibility index (Phi) is 3.46. The van der Waals surface area contributed by atoms with Crippen LogP contribution in [0.25, 0.3) is 11.1 Å². The predicted octanol–water partition coefficient (Wildman–Crippen LogP) is 2.00. The molecule has 0 bridgehead atoms. The number of fused-ring (bicyclic) bond motifs is 2. The molecule has 0 saturated heterocycles. The second kappa shape index (κ2) is 5.55. The third-order valence-electron chi connectivity index (χ3n) is 3.80. The first-order chi connectivity index (χ1) is 11.9. The lowest BCUT2D eigenvalue weighted by molar-refractivity contribution is 0.171. The maximum atomic E-state index is 12.7. The van der Waals surface area contributed by atoms with Crippen LogP contribution in [-0.2, 0) is 10.0 Å². The van der Waals surface area contributed by atoms with E-state index in [-0.39, 0.29) is 10.5 Å². The number of hydrogen-bond acceptors (Lipinski definition) is 6. The van der Waals surface area contributed by atoms with Crippen molar-refractivity contribution >= 4 is 26.8 Å². The lowest BCUT2D eigenvalue weighted by Crippen LogP contribution is -2.17. The SMILES string of the molecule is Cc1cc2[nH]c(=O)oc2cc1S(=O)(=O)Nc1ccc2c(c1)OCCO2. The van der Waals surface area contributed by atoms with Crippen molar-refractivity contribution in [1.29, 1.82) is 0 Å². The summed E-state index contributed by atoms with van der Waals surface area (Å²) in [5.41, 5.74) is 1.45. The molecule has 2 aromatic carbocycles. The fourth-order valence-electron chi connectivity index (χ4n) is 2.69. The van der Waals surface area contributed by atoms with E-state index in [1.165, 1.54) is 6.07 Å². The number of oxazole rings is 1. The summed E-state index contributed by atoms with van der Waals surface area (Å²) in [5, 5.41) is 0. The molecule has 1 aromatic heterocycles. The lowest BCUT2D eigenvalue weighted by Gasteiger charge is -2.19. The van der Waals surface area contributed by atoms with E-state index < -0.39 is 15.8 Å². The van der Waals surface area contributed by atoms with Gasteiger partial charge in [-0.25, -0.2) is 13.2 Å². The summed E-state index contributed by atoms with van der Waals surface area (Å²) in [5.74, 6) is 0.417. The first-order valence-electron chi connectivity index (χ1n) is 7.48. The summed E-state index contributed by atoms with van der Waals surface area (Å²) in [4.78, 5) is 13.8. The van der Waals surface area contributed by atoms with Crippen molar-refractivity contribution < 1.29 is 22.3 Å². The van der Waals surface area contributed by atoms with Crippen LogP contribution in [-0.4, -0.2) is 26.6 Å². The molecule has 0 saturated carbocycles. The average Bonchev–Trinajstić information content (AvgIpc) is 2.92. The Morgan fingerprint density at radius 1 is 1.08 bits per heavy atom. The van der Waals surface area contributed by atoms with Crippen LogP contribution >= 0.6 is 0 Å². The number of aromatic amines is 1. The van der Waals surface area contributed by atoms with E-state index in [1.54, 1.807) is 31.2 Å². The third kappa shape index (κ3) is 2.82. The summed E-state index contributed by atoms with van der Waals surface area (Å²) < 4.78 is 43.8. The molecule has 0 spiro atoms. The van der Waals surface area contributed by atoms with E-state index >= 15 is 0 Å². The smallest absolute Gasteiger partial charge is 0.417 e. The molecule has 1 aliphatic heterocycles. The van der Waals surface area contributed by atoms with Gasteiger partial charge in [-0.15, -0.1) is 0 Å². The van der Waals surface area contributed by atoms with E-state index in [0.29, 0.717) is 41.5 Å². The van der Waals surface area contributed by atoms with Gasteiger partial charge in [0.05, 0.1) is 16.1 Å². The molecule has 0 amide bonds. The zero-order valence-electron chi connectivity index (χ0n) is 13.2. The number of rotatable bonds is 3. The molecule has 0 unspecified atom stereocenters. The first kappa shape index (κ1) is 15.6. The van der Waals surface area contributed by atoms with Crippen molar-refractivity contribution in [2.24, 2.45) is 0 Å². The van der Waals surface area contributed by atoms with Gasteiger partial charge in [-0.3, -0.25) is 9.71 Å². The molecule has 130 valence electrons. The Morgan fingerprint density at radius 2 is 1.84 bits per heavy atom. The van der Waals surface area contributed by atoms with E-state index in [4.69, 9.17) is 13.9 Å².